The number of rotatable bonds is 3. The van der Waals surface area contributed by atoms with Crippen LogP contribution in [0, 0.1) is 23.4 Å². The van der Waals surface area contributed by atoms with Gasteiger partial charge in [0.15, 0.2) is 11.6 Å². The molecule has 14 heavy (non-hydrogen) atoms. The predicted octanol–water partition coefficient (Wildman–Crippen LogP) is 2.93. The first-order valence-electron chi connectivity index (χ1n) is 4.55. The van der Waals surface area contributed by atoms with Crippen molar-refractivity contribution in [3.63, 3.8) is 0 Å². The molecule has 1 N–H and O–H groups in total. The Balaban J connectivity index is 2.10. The Hall–Kier alpha value is -1.19. The van der Waals surface area contributed by atoms with E-state index in [0.29, 0.717) is 18.5 Å². The first-order chi connectivity index (χ1) is 6.66. The van der Waals surface area contributed by atoms with E-state index in [-0.39, 0.29) is 5.69 Å². The highest BCUT2D eigenvalue weighted by Crippen LogP contribution is 2.29. The molecule has 0 bridgehead atoms. The van der Waals surface area contributed by atoms with Crippen molar-refractivity contribution >= 4 is 5.69 Å². The molecule has 0 amide bonds. The summed E-state index contributed by atoms with van der Waals surface area (Å²) in [6.45, 7) is 0.627. The number of hydrogen-bond acceptors (Lipinski definition) is 1. The normalized spacial score (nSPS) is 15.6. The molecule has 0 heterocycles. The van der Waals surface area contributed by atoms with Crippen LogP contribution < -0.4 is 5.32 Å². The van der Waals surface area contributed by atoms with Gasteiger partial charge in [-0.2, -0.15) is 0 Å². The zero-order valence-corrected chi connectivity index (χ0v) is 7.49. The van der Waals surface area contributed by atoms with Crippen molar-refractivity contribution in [2.24, 2.45) is 5.92 Å². The molecule has 1 aromatic rings. The Kier molecular flexibility index (Phi) is 2.35. The molecule has 0 aromatic heterocycles. The first kappa shape index (κ1) is 9.37. The van der Waals surface area contributed by atoms with Gasteiger partial charge in [-0.05, 0) is 18.8 Å². The van der Waals surface area contributed by atoms with E-state index < -0.39 is 17.5 Å². The van der Waals surface area contributed by atoms with E-state index in [1.54, 1.807) is 0 Å². The molecule has 1 aromatic carbocycles. The summed E-state index contributed by atoms with van der Waals surface area (Å²) in [5.41, 5.74) is 0.0378. The lowest BCUT2D eigenvalue weighted by Crippen LogP contribution is -2.06. The lowest BCUT2D eigenvalue weighted by atomic mass is 10.2. The standard InChI is InChI=1S/C10H10F3N/c11-7-3-9(13)10(4-8(7)12)14-5-6-1-2-6/h3-4,6,14H,1-2,5H2. The summed E-state index contributed by atoms with van der Waals surface area (Å²) in [5, 5.41) is 2.76. The van der Waals surface area contributed by atoms with Crippen LogP contribution >= 0.6 is 0 Å². The largest absolute Gasteiger partial charge is 0.382 e. The van der Waals surface area contributed by atoms with Gasteiger partial charge in [-0.15, -0.1) is 0 Å². The number of halogens is 3. The smallest absolute Gasteiger partial charge is 0.161 e. The van der Waals surface area contributed by atoms with Gasteiger partial charge in [0.25, 0.3) is 0 Å². The van der Waals surface area contributed by atoms with E-state index in [2.05, 4.69) is 5.32 Å². The molecular weight excluding hydrogens is 191 g/mol. The van der Waals surface area contributed by atoms with E-state index in [1.807, 2.05) is 0 Å². The maximum atomic E-state index is 13.0. The van der Waals surface area contributed by atoms with Gasteiger partial charge in [0.05, 0.1) is 5.69 Å². The highest BCUT2D eigenvalue weighted by Gasteiger charge is 2.21. The van der Waals surface area contributed by atoms with Crippen molar-refractivity contribution in [1.29, 1.82) is 0 Å². The lowest BCUT2D eigenvalue weighted by molar-refractivity contribution is 0.496. The third-order valence-corrected chi connectivity index (χ3v) is 2.29. The second-order valence-electron chi connectivity index (χ2n) is 3.57. The average molecular weight is 201 g/mol. The lowest BCUT2D eigenvalue weighted by Gasteiger charge is -2.06. The molecule has 0 unspecified atom stereocenters. The summed E-state index contributed by atoms with van der Waals surface area (Å²) in [4.78, 5) is 0. The molecule has 1 saturated carbocycles. The quantitative estimate of drug-likeness (QED) is 0.741. The van der Waals surface area contributed by atoms with Crippen LogP contribution in [0.1, 0.15) is 12.8 Å². The number of anilines is 1. The van der Waals surface area contributed by atoms with Crippen LogP contribution in [0.2, 0.25) is 0 Å². The number of benzene rings is 1. The fourth-order valence-corrected chi connectivity index (χ4v) is 1.23. The Morgan fingerprint density at radius 1 is 1.07 bits per heavy atom. The molecule has 0 radical (unpaired) electrons. The van der Waals surface area contributed by atoms with Gasteiger partial charge in [0.2, 0.25) is 0 Å². The van der Waals surface area contributed by atoms with Crippen LogP contribution in [0.15, 0.2) is 12.1 Å². The second-order valence-corrected chi connectivity index (χ2v) is 3.57. The summed E-state index contributed by atoms with van der Waals surface area (Å²) >= 11 is 0. The van der Waals surface area contributed by atoms with Crippen LogP contribution in [0.3, 0.4) is 0 Å². The van der Waals surface area contributed by atoms with E-state index in [1.165, 1.54) is 0 Å². The zero-order chi connectivity index (χ0) is 10.1. The molecule has 0 saturated heterocycles. The summed E-state index contributed by atoms with van der Waals surface area (Å²) in [5.74, 6) is -2.36. The minimum absolute atomic E-state index is 0.0378. The van der Waals surface area contributed by atoms with Crippen LogP contribution in [0.5, 0.6) is 0 Å². The van der Waals surface area contributed by atoms with Gasteiger partial charge >= 0.3 is 0 Å². The van der Waals surface area contributed by atoms with Gasteiger partial charge in [-0.3, -0.25) is 0 Å². The minimum atomic E-state index is -1.15. The molecule has 4 heteroatoms. The van der Waals surface area contributed by atoms with E-state index in [9.17, 15) is 13.2 Å². The van der Waals surface area contributed by atoms with Crippen LogP contribution in [-0.2, 0) is 0 Å². The summed E-state index contributed by atoms with van der Waals surface area (Å²) in [6.07, 6.45) is 2.25. The molecule has 2 rings (SSSR count). The second kappa shape index (κ2) is 3.52. The highest BCUT2D eigenvalue weighted by atomic mass is 19.2. The van der Waals surface area contributed by atoms with Gasteiger partial charge in [-0.1, -0.05) is 0 Å². The van der Waals surface area contributed by atoms with E-state index >= 15 is 0 Å². The summed E-state index contributed by atoms with van der Waals surface area (Å²) in [7, 11) is 0. The highest BCUT2D eigenvalue weighted by molar-refractivity contribution is 5.45. The molecule has 0 aliphatic heterocycles. The Labute approximate surface area is 79.9 Å². The SMILES string of the molecule is Fc1cc(F)c(NCC2CC2)cc1F. The van der Waals surface area contributed by atoms with Crippen molar-refractivity contribution in [3.8, 4) is 0 Å². The first-order valence-corrected chi connectivity index (χ1v) is 4.55. The zero-order valence-electron chi connectivity index (χ0n) is 7.49. The van der Waals surface area contributed by atoms with Crippen LogP contribution in [0.4, 0.5) is 18.9 Å². The van der Waals surface area contributed by atoms with Crippen molar-refractivity contribution in [1.82, 2.24) is 0 Å². The monoisotopic (exact) mass is 201 g/mol. The predicted molar refractivity (Wildman–Crippen MR) is 47.5 cm³/mol. The fraction of sp³-hybridized carbons (Fsp3) is 0.400. The molecular formula is C10H10F3N. The molecule has 76 valence electrons. The maximum Gasteiger partial charge on any atom is 0.161 e. The molecule has 1 aliphatic rings. The van der Waals surface area contributed by atoms with Crippen molar-refractivity contribution in [3.05, 3.63) is 29.6 Å². The number of nitrogens with one attached hydrogen (secondary N) is 1. The third kappa shape index (κ3) is 2.00. The molecule has 0 atom stereocenters. The van der Waals surface area contributed by atoms with Gasteiger partial charge < -0.3 is 5.32 Å². The topological polar surface area (TPSA) is 12.0 Å². The molecule has 0 spiro atoms. The molecule has 1 nitrogen and oxygen atoms in total. The Morgan fingerprint density at radius 3 is 2.36 bits per heavy atom. The third-order valence-electron chi connectivity index (χ3n) is 2.29. The van der Waals surface area contributed by atoms with Crippen LogP contribution in [0.25, 0.3) is 0 Å². The van der Waals surface area contributed by atoms with Crippen molar-refractivity contribution < 1.29 is 13.2 Å². The average Bonchev–Trinajstić information content (AvgIpc) is 2.92. The molecule has 1 fully saturated rings. The van der Waals surface area contributed by atoms with Crippen molar-refractivity contribution in [2.75, 3.05) is 11.9 Å². The molecule has 1 aliphatic carbocycles. The van der Waals surface area contributed by atoms with Gasteiger partial charge in [0.1, 0.15) is 5.82 Å². The fourth-order valence-electron chi connectivity index (χ4n) is 1.23. The van der Waals surface area contributed by atoms with E-state index in [0.717, 1.165) is 18.9 Å². The van der Waals surface area contributed by atoms with Gasteiger partial charge in [-0.25, -0.2) is 13.2 Å². The summed E-state index contributed by atoms with van der Waals surface area (Å²) in [6, 6.07) is 1.41. The van der Waals surface area contributed by atoms with E-state index in [4.69, 9.17) is 0 Å². The number of hydrogen-bond donors (Lipinski definition) is 1. The van der Waals surface area contributed by atoms with Gasteiger partial charge in [0, 0.05) is 18.7 Å². The Bertz CT molecular complexity index is 347. The minimum Gasteiger partial charge on any atom is -0.382 e. The van der Waals surface area contributed by atoms with Crippen LogP contribution in [-0.4, -0.2) is 6.54 Å². The summed E-state index contributed by atoms with van der Waals surface area (Å²) < 4.78 is 38.3. The van der Waals surface area contributed by atoms with Crippen molar-refractivity contribution in [2.45, 2.75) is 12.8 Å². The maximum absolute atomic E-state index is 13.0. The Morgan fingerprint density at radius 2 is 1.71 bits per heavy atom.